The molecule has 0 saturated heterocycles. The van der Waals surface area contributed by atoms with Crippen molar-refractivity contribution in [2.75, 3.05) is 6.54 Å². The smallest absolute Gasteiger partial charge is 0.243 e. The van der Waals surface area contributed by atoms with Crippen molar-refractivity contribution in [1.29, 1.82) is 0 Å². The van der Waals surface area contributed by atoms with Gasteiger partial charge in [0.15, 0.2) is 0 Å². The molecule has 0 N–H and O–H groups in total. The molecule has 0 aliphatic carbocycles. The van der Waals surface area contributed by atoms with Gasteiger partial charge in [0, 0.05) is 37.0 Å². The molecule has 0 saturated carbocycles. The van der Waals surface area contributed by atoms with Crippen molar-refractivity contribution < 1.29 is 8.42 Å². The Morgan fingerprint density at radius 2 is 1.95 bits per heavy atom. The standard InChI is InChI=1S/C14H15N3O2S/c1-11-2-4-13(5-3-11)20(18,19)17-7-6-14-12(9-17)8-15-10-16-14/h2-5,8,10H,6-7,9H2,1H3. The summed E-state index contributed by atoms with van der Waals surface area (Å²) in [4.78, 5) is 8.49. The topological polar surface area (TPSA) is 63.2 Å². The van der Waals surface area contributed by atoms with E-state index in [0.29, 0.717) is 24.4 Å². The van der Waals surface area contributed by atoms with Crippen LogP contribution in [0.2, 0.25) is 0 Å². The molecule has 0 fully saturated rings. The fourth-order valence-electron chi connectivity index (χ4n) is 2.31. The second-order valence-corrected chi connectivity index (χ2v) is 6.83. The van der Waals surface area contributed by atoms with Crippen LogP contribution >= 0.6 is 0 Å². The fraction of sp³-hybridized carbons (Fsp3) is 0.286. The number of sulfonamides is 1. The summed E-state index contributed by atoms with van der Waals surface area (Å²) in [5.41, 5.74) is 2.87. The molecule has 104 valence electrons. The van der Waals surface area contributed by atoms with Gasteiger partial charge in [-0.15, -0.1) is 0 Å². The van der Waals surface area contributed by atoms with Crippen molar-refractivity contribution >= 4 is 10.0 Å². The first kappa shape index (κ1) is 13.2. The van der Waals surface area contributed by atoms with Crippen molar-refractivity contribution in [3.05, 3.63) is 53.6 Å². The Bertz CT molecular complexity index is 726. The van der Waals surface area contributed by atoms with Crippen LogP contribution in [0.5, 0.6) is 0 Å². The van der Waals surface area contributed by atoms with E-state index in [1.807, 2.05) is 19.1 Å². The van der Waals surface area contributed by atoms with Crippen LogP contribution in [-0.2, 0) is 23.0 Å². The van der Waals surface area contributed by atoms with E-state index in [2.05, 4.69) is 9.97 Å². The van der Waals surface area contributed by atoms with Crippen LogP contribution in [0.15, 0.2) is 41.7 Å². The minimum Gasteiger partial charge on any atom is -0.244 e. The highest BCUT2D eigenvalue weighted by atomic mass is 32.2. The molecule has 1 aliphatic heterocycles. The summed E-state index contributed by atoms with van der Waals surface area (Å²) in [5.74, 6) is 0. The average molecular weight is 289 g/mol. The number of hydrogen-bond acceptors (Lipinski definition) is 4. The Hall–Kier alpha value is -1.79. The maximum Gasteiger partial charge on any atom is 0.243 e. The number of aryl methyl sites for hydroxylation is 1. The number of fused-ring (bicyclic) bond motifs is 1. The highest BCUT2D eigenvalue weighted by molar-refractivity contribution is 7.89. The Morgan fingerprint density at radius 3 is 2.70 bits per heavy atom. The Labute approximate surface area is 118 Å². The summed E-state index contributed by atoms with van der Waals surface area (Å²) in [5, 5.41) is 0. The quantitative estimate of drug-likeness (QED) is 0.841. The van der Waals surface area contributed by atoms with Crippen molar-refractivity contribution in [3.63, 3.8) is 0 Å². The highest BCUT2D eigenvalue weighted by Crippen LogP contribution is 2.23. The van der Waals surface area contributed by atoms with Crippen LogP contribution in [-0.4, -0.2) is 29.2 Å². The molecule has 0 unspecified atom stereocenters. The molecule has 1 aromatic carbocycles. The SMILES string of the molecule is Cc1ccc(S(=O)(=O)N2CCc3ncncc3C2)cc1. The summed E-state index contributed by atoms with van der Waals surface area (Å²) in [6.07, 6.45) is 3.82. The van der Waals surface area contributed by atoms with E-state index >= 15 is 0 Å². The molecule has 3 rings (SSSR count). The predicted octanol–water partition coefficient (Wildman–Crippen LogP) is 1.53. The fourth-order valence-corrected chi connectivity index (χ4v) is 3.72. The van der Waals surface area contributed by atoms with Gasteiger partial charge in [-0.3, -0.25) is 0 Å². The highest BCUT2D eigenvalue weighted by Gasteiger charge is 2.28. The Kier molecular flexibility index (Phi) is 3.27. The van der Waals surface area contributed by atoms with Gasteiger partial charge in [0.05, 0.1) is 4.90 Å². The summed E-state index contributed by atoms with van der Waals surface area (Å²) in [6, 6.07) is 6.94. The zero-order valence-electron chi connectivity index (χ0n) is 11.2. The number of aromatic nitrogens is 2. The maximum absolute atomic E-state index is 12.6. The number of rotatable bonds is 2. The lowest BCUT2D eigenvalue weighted by Crippen LogP contribution is -2.36. The molecule has 0 atom stereocenters. The first-order chi connectivity index (χ1) is 9.57. The minimum absolute atomic E-state index is 0.336. The van der Waals surface area contributed by atoms with Crippen molar-refractivity contribution in [1.82, 2.24) is 14.3 Å². The van der Waals surface area contributed by atoms with Gasteiger partial charge in [-0.2, -0.15) is 4.31 Å². The van der Waals surface area contributed by atoms with Crippen LogP contribution in [0.1, 0.15) is 16.8 Å². The van der Waals surface area contributed by atoms with Gasteiger partial charge in [-0.1, -0.05) is 17.7 Å². The molecule has 2 aromatic rings. The zero-order chi connectivity index (χ0) is 14.2. The largest absolute Gasteiger partial charge is 0.244 e. The molecule has 5 nitrogen and oxygen atoms in total. The van der Waals surface area contributed by atoms with E-state index in [4.69, 9.17) is 0 Å². The second-order valence-electron chi connectivity index (χ2n) is 4.90. The van der Waals surface area contributed by atoms with Crippen LogP contribution in [0.4, 0.5) is 0 Å². The van der Waals surface area contributed by atoms with E-state index in [9.17, 15) is 8.42 Å². The first-order valence-corrected chi connectivity index (χ1v) is 7.86. The molecule has 2 heterocycles. The van der Waals surface area contributed by atoms with Crippen LogP contribution in [0.25, 0.3) is 0 Å². The van der Waals surface area contributed by atoms with Crippen LogP contribution < -0.4 is 0 Å². The van der Waals surface area contributed by atoms with Gasteiger partial charge in [-0.25, -0.2) is 18.4 Å². The molecule has 20 heavy (non-hydrogen) atoms. The first-order valence-electron chi connectivity index (χ1n) is 6.42. The third-order valence-electron chi connectivity index (χ3n) is 3.48. The lowest BCUT2D eigenvalue weighted by molar-refractivity contribution is 0.386. The van der Waals surface area contributed by atoms with E-state index in [1.54, 1.807) is 18.3 Å². The summed E-state index contributed by atoms with van der Waals surface area (Å²) in [6.45, 7) is 2.73. The third kappa shape index (κ3) is 2.32. The van der Waals surface area contributed by atoms with Crippen LogP contribution in [0, 0.1) is 6.92 Å². The van der Waals surface area contributed by atoms with Gasteiger partial charge in [-0.05, 0) is 19.1 Å². The van der Waals surface area contributed by atoms with E-state index in [1.165, 1.54) is 10.6 Å². The average Bonchev–Trinajstić information content (AvgIpc) is 2.47. The molecule has 0 bridgehead atoms. The molecular weight excluding hydrogens is 274 g/mol. The molecule has 0 radical (unpaired) electrons. The van der Waals surface area contributed by atoms with Gasteiger partial charge >= 0.3 is 0 Å². The number of nitrogens with zero attached hydrogens (tertiary/aromatic N) is 3. The Balaban J connectivity index is 1.92. The molecule has 1 aliphatic rings. The second kappa shape index (κ2) is 4.96. The van der Waals surface area contributed by atoms with E-state index in [-0.39, 0.29) is 0 Å². The molecule has 0 amide bonds. The minimum atomic E-state index is -3.44. The van der Waals surface area contributed by atoms with Gasteiger partial charge in [0.2, 0.25) is 10.0 Å². The molecule has 1 aromatic heterocycles. The lowest BCUT2D eigenvalue weighted by atomic mass is 10.1. The third-order valence-corrected chi connectivity index (χ3v) is 5.34. The van der Waals surface area contributed by atoms with Crippen molar-refractivity contribution in [3.8, 4) is 0 Å². The maximum atomic E-state index is 12.6. The lowest BCUT2D eigenvalue weighted by Gasteiger charge is -2.27. The number of hydrogen-bond donors (Lipinski definition) is 0. The molecular formula is C14H15N3O2S. The van der Waals surface area contributed by atoms with E-state index in [0.717, 1.165) is 16.8 Å². The summed E-state index contributed by atoms with van der Waals surface area (Å²) < 4.78 is 26.7. The van der Waals surface area contributed by atoms with Gasteiger partial charge < -0.3 is 0 Å². The van der Waals surface area contributed by atoms with Gasteiger partial charge in [0.25, 0.3) is 0 Å². The summed E-state index contributed by atoms with van der Waals surface area (Å²) in [7, 11) is -3.44. The number of benzene rings is 1. The predicted molar refractivity (Wildman–Crippen MR) is 74.5 cm³/mol. The van der Waals surface area contributed by atoms with Crippen molar-refractivity contribution in [2.45, 2.75) is 24.8 Å². The van der Waals surface area contributed by atoms with Crippen LogP contribution in [0.3, 0.4) is 0 Å². The van der Waals surface area contributed by atoms with Gasteiger partial charge in [0.1, 0.15) is 6.33 Å². The summed E-state index contributed by atoms with van der Waals surface area (Å²) >= 11 is 0. The monoisotopic (exact) mass is 289 g/mol. The molecule has 6 heteroatoms. The molecule has 0 spiro atoms. The normalized spacial score (nSPS) is 15.8. The Morgan fingerprint density at radius 1 is 1.20 bits per heavy atom. The van der Waals surface area contributed by atoms with Crippen molar-refractivity contribution in [2.24, 2.45) is 0 Å². The van der Waals surface area contributed by atoms with E-state index < -0.39 is 10.0 Å². The zero-order valence-corrected chi connectivity index (χ0v) is 12.0.